The summed E-state index contributed by atoms with van der Waals surface area (Å²) in [6.45, 7) is 4.10. The third kappa shape index (κ3) is 8.85. The normalized spacial score (nSPS) is 8.10. The SMILES string of the molecule is C#CC=O.CC.COCc1cc([N+](=O)[O-])cc([N+](=O)[O-])c1. The quantitative estimate of drug-likeness (QED) is 0.365. The lowest BCUT2D eigenvalue weighted by atomic mass is 10.2. The van der Waals surface area contributed by atoms with Crippen LogP contribution in [0.5, 0.6) is 0 Å². The van der Waals surface area contributed by atoms with Crippen LogP contribution in [-0.4, -0.2) is 23.2 Å². The number of benzene rings is 1. The van der Waals surface area contributed by atoms with E-state index in [0.717, 1.165) is 6.07 Å². The van der Waals surface area contributed by atoms with Crippen molar-refractivity contribution in [1.82, 2.24) is 0 Å². The van der Waals surface area contributed by atoms with Crippen molar-refractivity contribution in [2.75, 3.05) is 7.11 Å². The Kier molecular flexibility index (Phi) is 12.0. The number of nitrogens with zero attached hydrogens (tertiary/aromatic N) is 2. The highest BCUT2D eigenvalue weighted by atomic mass is 16.6. The topological polar surface area (TPSA) is 113 Å². The zero-order valence-electron chi connectivity index (χ0n) is 11.9. The second kappa shape index (κ2) is 12.3. The molecule has 0 unspecified atom stereocenters. The van der Waals surface area contributed by atoms with E-state index in [4.69, 9.17) is 9.53 Å². The molecular weight excluding hydrogens is 280 g/mol. The molecule has 0 aliphatic carbocycles. The fraction of sp³-hybridized carbons (Fsp3) is 0.308. The van der Waals surface area contributed by atoms with Crippen LogP contribution in [0.15, 0.2) is 18.2 Å². The summed E-state index contributed by atoms with van der Waals surface area (Å²) >= 11 is 0. The van der Waals surface area contributed by atoms with Gasteiger partial charge in [0, 0.05) is 19.2 Å². The lowest BCUT2D eigenvalue weighted by Gasteiger charge is -1.99. The Morgan fingerprint density at radius 2 is 1.57 bits per heavy atom. The maximum Gasteiger partial charge on any atom is 0.276 e. The van der Waals surface area contributed by atoms with E-state index in [1.165, 1.54) is 19.2 Å². The first-order valence-electron chi connectivity index (χ1n) is 5.77. The molecule has 0 N–H and O–H groups in total. The van der Waals surface area contributed by atoms with E-state index in [0.29, 0.717) is 11.8 Å². The van der Waals surface area contributed by atoms with Crippen LogP contribution in [0.4, 0.5) is 11.4 Å². The van der Waals surface area contributed by atoms with Gasteiger partial charge in [0.1, 0.15) is 0 Å². The van der Waals surface area contributed by atoms with Gasteiger partial charge in [-0.15, -0.1) is 6.42 Å². The molecule has 0 saturated carbocycles. The van der Waals surface area contributed by atoms with Crippen LogP contribution in [0, 0.1) is 32.6 Å². The smallest absolute Gasteiger partial charge is 0.276 e. The monoisotopic (exact) mass is 296 g/mol. The van der Waals surface area contributed by atoms with Crippen LogP contribution < -0.4 is 0 Å². The van der Waals surface area contributed by atoms with Crippen molar-refractivity contribution in [2.45, 2.75) is 20.5 Å². The Balaban J connectivity index is 0. The van der Waals surface area contributed by atoms with Gasteiger partial charge in [0.25, 0.3) is 11.4 Å². The molecule has 0 fully saturated rings. The zero-order chi connectivity index (χ0) is 16.8. The molecule has 0 radical (unpaired) electrons. The molecule has 0 bridgehead atoms. The molecule has 0 aliphatic rings. The van der Waals surface area contributed by atoms with Crippen molar-refractivity contribution in [3.05, 3.63) is 44.0 Å². The lowest BCUT2D eigenvalue weighted by molar-refractivity contribution is -0.394. The van der Waals surface area contributed by atoms with Crippen molar-refractivity contribution in [2.24, 2.45) is 0 Å². The van der Waals surface area contributed by atoms with E-state index < -0.39 is 9.85 Å². The van der Waals surface area contributed by atoms with Gasteiger partial charge in [-0.2, -0.15) is 0 Å². The van der Waals surface area contributed by atoms with E-state index in [2.05, 4.69) is 6.42 Å². The van der Waals surface area contributed by atoms with Crippen LogP contribution in [0.2, 0.25) is 0 Å². The molecule has 0 amide bonds. The van der Waals surface area contributed by atoms with Crippen molar-refractivity contribution < 1.29 is 19.4 Å². The Morgan fingerprint density at radius 1 is 1.19 bits per heavy atom. The molecule has 1 aromatic rings. The number of hydrogen-bond donors (Lipinski definition) is 0. The second-order valence-corrected chi connectivity index (χ2v) is 3.09. The highest BCUT2D eigenvalue weighted by Gasteiger charge is 2.15. The van der Waals surface area contributed by atoms with Crippen LogP contribution in [0.1, 0.15) is 19.4 Å². The maximum atomic E-state index is 10.5. The number of aldehydes is 1. The molecular formula is C13H16N2O6. The zero-order valence-corrected chi connectivity index (χ0v) is 11.9. The van der Waals surface area contributed by atoms with Gasteiger partial charge in [0.05, 0.1) is 22.5 Å². The number of non-ortho nitro benzene ring substituents is 2. The number of ether oxygens (including phenoxy) is 1. The van der Waals surface area contributed by atoms with E-state index in [9.17, 15) is 20.2 Å². The van der Waals surface area contributed by atoms with Gasteiger partial charge in [-0.3, -0.25) is 25.0 Å². The molecule has 1 rings (SSSR count). The largest absolute Gasteiger partial charge is 0.380 e. The van der Waals surface area contributed by atoms with Gasteiger partial charge >= 0.3 is 0 Å². The molecule has 0 saturated heterocycles. The summed E-state index contributed by atoms with van der Waals surface area (Å²) in [4.78, 5) is 28.5. The molecule has 0 aromatic heterocycles. The minimum Gasteiger partial charge on any atom is -0.380 e. The minimum absolute atomic E-state index is 0.0997. The summed E-state index contributed by atoms with van der Waals surface area (Å²) in [6, 6.07) is 3.41. The summed E-state index contributed by atoms with van der Waals surface area (Å²) in [7, 11) is 1.41. The predicted molar refractivity (Wildman–Crippen MR) is 76.7 cm³/mol. The number of carbonyl (C=O) groups is 1. The Labute approximate surface area is 122 Å². The van der Waals surface area contributed by atoms with Gasteiger partial charge in [-0.1, -0.05) is 13.8 Å². The molecule has 8 heteroatoms. The van der Waals surface area contributed by atoms with Gasteiger partial charge < -0.3 is 4.74 Å². The first-order chi connectivity index (χ1) is 9.96. The fourth-order valence-electron chi connectivity index (χ4n) is 1.12. The molecule has 0 aliphatic heterocycles. The molecule has 0 heterocycles. The number of methoxy groups -OCH3 is 1. The number of carbonyl (C=O) groups excluding carboxylic acids is 1. The lowest BCUT2D eigenvalue weighted by Crippen LogP contribution is -1.96. The highest BCUT2D eigenvalue weighted by Crippen LogP contribution is 2.22. The van der Waals surface area contributed by atoms with Gasteiger partial charge in [-0.25, -0.2) is 0 Å². The standard InChI is InChI=1S/C8H8N2O5.C3H2O.C2H6/c1-15-5-6-2-7(9(11)12)4-8(3-6)10(13)14;1-2-3-4;1-2/h2-4H,5H2,1H3;1,3H;1-2H3. The van der Waals surface area contributed by atoms with Crippen molar-refractivity contribution in [3.8, 4) is 12.3 Å². The van der Waals surface area contributed by atoms with E-state index >= 15 is 0 Å². The third-order valence-corrected chi connectivity index (χ3v) is 1.76. The number of nitro benzene ring substituents is 2. The first kappa shape index (κ1) is 20.5. The van der Waals surface area contributed by atoms with E-state index in [1.54, 1.807) is 5.92 Å². The minimum atomic E-state index is -0.674. The average molecular weight is 296 g/mol. The van der Waals surface area contributed by atoms with Gasteiger partial charge in [0.2, 0.25) is 0 Å². The summed E-state index contributed by atoms with van der Waals surface area (Å²) in [5.74, 6) is 1.75. The van der Waals surface area contributed by atoms with Gasteiger partial charge in [0.15, 0.2) is 6.29 Å². The first-order valence-corrected chi connectivity index (χ1v) is 5.77. The second-order valence-electron chi connectivity index (χ2n) is 3.09. The van der Waals surface area contributed by atoms with Crippen molar-refractivity contribution in [3.63, 3.8) is 0 Å². The average Bonchev–Trinajstić information content (AvgIpc) is 2.49. The highest BCUT2D eigenvalue weighted by molar-refractivity contribution is 5.71. The number of rotatable bonds is 4. The summed E-state index contributed by atoms with van der Waals surface area (Å²) < 4.78 is 4.75. The molecule has 114 valence electrons. The third-order valence-electron chi connectivity index (χ3n) is 1.76. The summed E-state index contributed by atoms with van der Waals surface area (Å²) in [5, 5.41) is 20.9. The molecule has 1 aromatic carbocycles. The van der Waals surface area contributed by atoms with Crippen LogP contribution >= 0.6 is 0 Å². The fourth-order valence-corrected chi connectivity index (χ4v) is 1.12. The van der Waals surface area contributed by atoms with Gasteiger partial charge in [-0.05, 0) is 11.5 Å². The molecule has 0 atom stereocenters. The molecule has 8 nitrogen and oxygen atoms in total. The van der Waals surface area contributed by atoms with Crippen LogP contribution in [0.3, 0.4) is 0 Å². The number of hydrogen-bond acceptors (Lipinski definition) is 6. The molecule has 0 spiro atoms. The Morgan fingerprint density at radius 3 is 1.81 bits per heavy atom. The van der Waals surface area contributed by atoms with Crippen LogP contribution in [-0.2, 0) is 16.1 Å². The summed E-state index contributed by atoms with van der Waals surface area (Å²) in [6.07, 6.45) is 4.81. The Hall–Kier alpha value is -2.79. The number of terminal acetylenes is 1. The van der Waals surface area contributed by atoms with E-state index in [1.807, 2.05) is 13.8 Å². The van der Waals surface area contributed by atoms with E-state index in [-0.39, 0.29) is 18.0 Å². The molecule has 21 heavy (non-hydrogen) atoms. The summed E-state index contributed by atoms with van der Waals surface area (Å²) in [5.41, 5.74) is -0.217. The van der Waals surface area contributed by atoms with Crippen molar-refractivity contribution >= 4 is 17.7 Å². The van der Waals surface area contributed by atoms with Crippen LogP contribution in [0.25, 0.3) is 0 Å². The number of nitro groups is 2. The predicted octanol–water partition coefficient (Wildman–Crippen LogP) is 2.49. The Bertz CT molecular complexity index is 490. The maximum absolute atomic E-state index is 10.5. The van der Waals surface area contributed by atoms with Crippen molar-refractivity contribution in [1.29, 1.82) is 0 Å².